The fraction of sp³-hybridized carbons (Fsp3) is 0.867. The molecular weight excluding hydrogens is 272 g/mol. The summed E-state index contributed by atoms with van der Waals surface area (Å²) in [4.78, 5) is 25.4. The topological polar surface area (TPSA) is 67.9 Å². The predicted octanol–water partition coefficient (Wildman–Crippen LogP) is 1.93. The van der Waals surface area contributed by atoms with E-state index in [1.54, 1.807) is 11.8 Å². The van der Waals surface area contributed by atoms with Crippen LogP contribution in [-0.2, 0) is 14.3 Å². The SMILES string of the molecule is COC(=O)C(C)NCC1CCCCN1C(=O)OC(C)(C)C. The summed E-state index contributed by atoms with van der Waals surface area (Å²) in [6.45, 7) is 8.61. The van der Waals surface area contributed by atoms with Crippen molar-refractivity contribution in [1.29, 1.82) is 0 Å². The Morgan fingerprint density at radius 3 is 2.57 bits per heavy atom. The molecule has 21 heavy (non-hydrogen) atoms. The summed E-state index contributed by atoms with van der Waals surface area (Å²) in [5.41, 5.74) is -0.494. The molecule has 122 valence electrons. The summed E-state index contributed by atoms with van der Waals surface area (Å²) in [5, 5.41) is 3.13. The first-order chi connectivity index (χ1) is 9.74. The number of likely N-dealkylation sites (tertiary alicyclic amines) is 1. The molecule has 1 amide bonds. The predicted molar refractivity (Wildman–Crippen MR) is 80.1 cm³/mol. The minimum atomic E-state index is -0.494. The van der Waals surface area contributed by atoms with Crippen LogP contribution in [0.4, 0.5) is 4.79 Å². The van der Waals surface area contributed by atoms with E-state index in [-0.39, 0.29) is 24.1 Å². The first-order valence-corrected chi connectivity index (χ1v) is 7.55. The zero-order valence-corrected chi connectivity index (χ0v) is 13.8. The normalized spacial score (nSPS) is 20.8. The molecule has 6 heteroatoms. The van der Waals surface area contributed by atoms with Gasteiger partial charge in [-0.3, -0.25) is 4.79 Å². The number of ether oxygens (including phenoxy) is 2. The van der Waals surface area contributed by atoms with Gasteiger partial charge >= 0.3 is 12.1 Å². The van der Waals surface area contributed by atoms with Crippen molar-refractivity contribution in [3.05, 3.63) is 0 Å². The molecule has 1 rings (SSSR count). The van der Waals surface area contributed by atoms with Gasteiger partial charge in [-0.25, -0.2) is 4.79 Å². The third-order valence-corrected chi connectivity index (χ3v) is 3.47. The molecule has 1 saturated heterocycles. The van der Waals surface area contributed by atoms with E-state index >= 15 is 0 Å². The van der Waals surface area contributed by atoms with Crippen LogP contribution in [0.3, 0.4) is 0 Å². The van der Waals surface area contributed by atoms with Gasteiger partial charge in [-0.1, -0.05) is 0 Å². The summed E-state index contributed by atoms with van der Waals surface area (Å²) in [7, 11) is 1.37. The molecule has 0 aliphatic carbocycles. The van der Waals surface area contributed by atoms with Gasteiger partial charge in [-0.15, -0.1) is 0 Å². The molecule has 1 aliphatic rings. The van der Waals surface area contributed by atoms with Crippen LogP contribution in [0.5, 0.6) is 0 Å². The Bertz CT molecular complexity index is 365. The molecule has 0 spiro atoms. The number of rotatable bonds is 4. The number of hydrogen-bond donors (Lipinski definition) is 1. The number of hydrogen-bond acceptors (Lipinski definition) is 5. The Morgan fingerprint density at radius 2 is 2.00 bits per heavy atom. The monoisotopic (exact) mass is 300 g/mol. The molecule has 6 nitrogen and oxygen atoms in total. The third kappa shape index (κ3) is 5.91. The highest BCUT2D eigenvalue weighted by atomic mass is 16.6. The van der Waals surface area contributed by atoms with E-state index in [1.807, 2.05) is 20.8 Å². The van der Waals surface area contributed by atoms with Gasteiger partial charge in [0.15, 0.2) is 0 Å². The molecule has 0 saturated carbocycles. The molecule has 2 unspecified atom stereocenters. The molecule has 0 aromatic carbocycles. The van der Waals surface area contributed by atoms with E-state index in [0.717, 1.165) is 19.3 Å². The Kier molecular flexibility index (Phi) is 6.45. The van der Waals surface area contributed by atoms with Crippen molar-refractivity contribution in [3.8, 4) is 0 Å². The van der Waals surface area contributed by atoms with Crippen LogP contribution < -0.4 is 5.32 Å². The second-order valence-electron chi connectivity index (χ2n) is 6.48. The van der Waals surface area contributed by atoms with Gasteiger partial charge in [-0.05, 0) is 47.0 Å². The molecular formula is C15H28N2O4. The lowest BCUT2D eigenvalue weighted by Crippen LogP contribution is -2.52. The number of esters is 1. The van der Waals surface area contributed by atoms with Crippen molar-refractivity contribution in [3.63, 3.8) is 0 Å². The lowest BCUT2D eigenvalue weighted by molar-refractivity contribution is -0.142. The second-order valence-corrected chi connectivity index (χ2v) is 6.48. The number of piperidine rings is 1. The smallest absolute Gasteiger partial charge is 0.410 e. The van der Waals surface area contributed by atoms with Crippen LogP contribution in [0.15, 0.2) is 0 Å². The van der Waals surface area contributed by atoms with Gasteiger partial charge in [0, 0.05) is 19.1 Å². The van der Waals surface area contributed by atoms with Crippen molar-refractivity contribution >= 4 is 12.1 Å². The summed E-state index contributed by atoms with van der Waals surface area (Å²) >= 11 is 0. The van der Waals surface area contributed by atoms with Crippen LogP contribution >= 0.6 is 0 Å². The highest BCUT2D eigenvalue weighted by Crippen LogP contribution is 2.20. The number of nitrogens with one attached hydrogen (secondary N) is 1. The second kappa shape index (κ2) is 7.64. The highest BCUT2D eigenvalue weighted by molar-refractivity contribution is 5.75. The minimum absolute atomic E-state index is 0.0562. The summed E-state index contributed by atoms with van der Waals surface area (Å²) in [5.74, 6) is -0.297. The zero-order valence-electron chi connectivity index (χ0n) is 13.8. The molecule has 0 aromatic rings. The van der Waals surface area contributed by atoms with Crippen molar-refractivity contribution in [2.75, 3.05) is 20.2 Å². The number of carbonyl (C=O) groups excluding carboxylic acids is 2. The van der Waals surface area contributed by atoms with Crippen molar-refractivity contribution < 1.29 is 19.1 Å². The van der Waals surface area contributed by atoms with Crippen molar-refractivity contribution in [1.82, 2.24) is 10.2 Å². The van der Waals surface area contributed by atoms with Gasteiger partial charge in [0.25, 0.3) is 0 Å². The van der Waals surface area contributed by atoms with E-state index in [9.17, 15) is 9.59 Å². The molecule has 1 heterocycles. The maximum Gasteiger partial charge on any atom is 0.410 e. The maximum absolute atomic E-state index is 12.2. The minimum Gasteiger partial charge on any atom is -0.468 e. The summed E-state index contributed by atoms with van der Waals surface area (Å²) < 4.78 is 10.1. The van der Waals surface area contributed by atoms with Gasteiger partial charge in [0.1, 0.15) is 11.6 Å². The lowest BCUT2D eigenvalue weighted by atomic mass is 10.0. The van der Waals surface area contributed by atoms with Crippen LogP contribution in [-0.4, -0.2) is 54.8 Å². The fourth-order valence-electron chi connectivity index (χ4n) is 2.35. The van der Waals surface area contributed by atoms with Crippen LogP contribution in [0.2, 0.25) is 0 Å². The van der Waals surface area contributed by atoms with E-state index in [1.165, 1.54) is 7.11 Å². The Labute approximate surface area is 127 Å². The van der Waals surface area contributed by atoms with Crippen molar-refractivity contribution in [2.24, 2.45) is 0 Å². The van der Waals surface area contributed by atoms with E-state index in [4.69, 9.17) is 4.74 Å². The van der Waals surface area contributed by atoms with Gasteiger partial charge in [0.05, 0.1) is 7.11 Å². The number of nitrogens with zero attached hydrogens (tertiary/aromatic N) is 1. The molecule has 2 atom stereocenters. The Balaban J connectivity index is 2.57. The van der Waals surface area contributed by atoms with E-state index in [2.05, 4.69) is 10.1 Å². The number of amides is 1. The molecule has 1 aliphatic heterocycles. The number of methoxy groups -OCH3 is 1. The number of carbonyl (C=O) groups is 2. The van der Waals surface area contributed by atoms with Gasteiger partial charge < -0.3 is 19.7 Å². The van der Waals surface area contributed by atoms with E-state index in [0.29, 0.717) is 13.1 Å². The maximum atomic E-state index is 12.2. The average Bonchev–Trinajstić information content (AvgIpc) is 2.42. The highest BCUT2D eigenvalue weighted by Gasteiger charge is 2.30. The molecule has 0 radical (unpaired) electrons. The first kappa shape index (κ1) is 17.8. The summed E-state index contributed by atoms with van der Waals surface area (Å²) in [6.07, 6.45) is 2.71. The van der Waals surface area contributed by atoms with Crippen molar-refractivity contribution in [2.45, 2.75) is 64.6 Å². The standard InChI is InChI=1S/C15H28N2O4/c1-11(13(18)20-5)16-10-12-8-6-7-9-17(12)14(19)21-15(2,3)4/h11-12,16H,6-10H2,1-5H3. The molecule has 0 aromatic heterocycles. The quantitative estimate of drug-likeness (QED) is 0.804. The fourth-order valence-corrected chi connectivity index (χ4v) is 2.35. The van der Waals surface area contributed by atoms with Gasteiger partial charge in [-0.2, -0.15) is 0 Å². The first-order valence-electron chi connectivity index (χ1n) is 7.55. The Hall–Kier alpha value is -1.30. The lowest BCUT2D eigenvalue weighted by Gasteiger charge is -2.37. The van der Waals surface area contributed by atoms with E-state index < -0.39 is 5.60 Å². The van der Waals surface area contributed by atoms with Crippen LogP contribution in [0.25, 0.3) is 0 Å². The van der Waals surface area contributed by atoms with Crippen LogP contribution in [0, 0.1) is 0 Å². The molecule has 1 fully saturated rings. The average molecular weight is 300 g/mol. The third-order valence-electron chi connectivity index (χ3n) is 3.47. The largest absolute Gasteiger partial charge is 0.468 e. The zero-order chi connectivity index (χ0) is 16.0. The molecule has 0 bridgehead atoms. The molecule has 1 N–H and O–H groups in total. The van der Waals surface area contributed by atoms with Crippen LogP contribution in [0.1, 0.15) is 47.0 Å². The summed E-state index contributed by atoms with van der Waals surface area (Å²) in [6, 6.07) is -0.321. The Morgan fingerprint density at radius 1 is 1.33 bits per heavy atom. The van der Waals surface area contributed by atoms with Gasteiger partial charge in [0.2, 0.25) is 0 Å².